The van der Waals surface area contributed by atoms with Gasteiger partial charge in [0.25, 0.3) is 0 Å². The number of methoxy groups -OCH3 is 1. The molecule has 0 aliphatic heterocycles. The number of ether oxygens (including phenoxy) is 2. The Labute approximate surface area is 73.4 Å². The van der Waals surface area contributed by atoms with Crippen molar-refractivity contribution in [2.75, 3.05) is 13.7 Å². The Morgan fingerprint density at radius 2 is 2.08 bits per heavy atom. The molecule has 0 fully saturated rings. The van der Waals surface area contributed by atoms with Crippen LogP contribution < -0.4 is 0 Å². The molecule has 3 nitrogen and oxygen atoms in total. The van der Waals surface area contributed by atoms with E-state index in [2.05, 4.69) is 4.74 Å². The molecule has 0 saturated heterocycles. The monoisotopic (exact) mass is 172 g/mol. The number of carbonyl (C=O) groups is 1. The summed E-state index contributed by atoms with van der Waals surface area (Å²) in [6.45, 7) is 6.27. The Morgan fingerprint density at radius 1 is 1.50 bits per heavy atom. The van der Waals surface area contributed by atoms with Gasteiger partial charge in [0.2, 0.25) is 0 Å². The molecule has 70 valence electrons. The quantitative estimate of drug-likeness (QED) is 0.368. The summed E-state index contributed by atoms with van der Waals surface area (Å²) in [5, 5.41) is 0. The number of rotatable bonds is 4. The van der Waals surface area contributed by atoms with Gasteiger partial charge < -0.3 is 9.47 Å². The molecule has 0 spiro atoms. The Kier molecular flexibility index (Phi) is 5.17. The first-order valence-corrected chi connectivity index (χ1v) is 4.03. The fraction of sp³-hybridized carbons (Fsp3) is 0.667. The first kappa shape index (κ1) is 11.0. The first-order chi connectivity index (χ1) is 5.63. The zero-order valence-corrected chi connectivity index (χ0v) is 8.09. The van der Waals surface area contributed by atoms with Crippen LogP contribution in [0, 0.1) is 5.92 Å². The smallest absolute Gasteiger partial charge is 0.337 e. The molecule has 0 radical (unpaired) electrons. The molecule has 0 saturated carbocycles. The fourth-order valence-corrected chi connectivity index (χ4v) is 0.711. The minimum Gasteiger partial charge on any atom is -0.501 e. The normalized spacial score (nSPS) is 11.6. The maximum atomic E-state index is 11.1. The highest BCUT2D eigenvalue weighted by Gasteiger charge is 2.13. The molecule has 0 rings (SSSR count). The highest BCUT2D eigenvalue weighted by Crippen LogP contribution is 2.10. The summed E-state index contributed by atoms with van der Waals surface area (Å²) in [4.78, 5) is 11.1. The molecule has 0 aliphatic carbocycles. The van der Waals surface area contributed by atoms with E-state index >= 15 is 0 Å². The number of carbonyl (C=O) groups excluding carboxylic acids is 1. The zero-order chi connectivity index (χ0) is 9.56. The third kappa shape index (κ3) is 3.42. The maximum Gasteiger partial charge on any atom is 0.337 e. The fourth-order valence-electron chi connectivity index (χ4n) is 0.711. The van der Waals surface area contributed by atoms with Gasteiger partial charge in [0, 0.05) is 0 Å². The van der Waals surface area contributed by atoms with E-state index in [9.17, 15) is 4.79 Å². The molecule has 0 atom stereocenters. The van der Waals surface area contributed by atoms with Crippen molar-refractivity contribution >= 4 is 5.97 Å². The second kappa shape index (κ2) is 5.63. The molecular formula is C9H16O3. The Hall–Kier alpha value is -0.990. The van der Waals surface area contributed by atoms with Crippen LogP contribution in [0.15, 0.2) is 11.8 Å². The largest absolute Gasteiger partial charge is 0.501 e. The van der Waals surface area contributed by atoms with Gasteiger partial charge in [-0.05, 0) is 12.8 Å². The van der Waals surface area contributed by atoms with Crippen molar-refractivity contribution in [1.29, 1.82) is 0 Å². The second-order valence-corrected chi connectivity index (χ2v) is 2.67. The topological polar surface area (TPSA) is 35.5 Å². The molecular weight excluding hydrogens is 156 g/mol. The summed E-state index contributed by atoms with van der Waals surface area (Å²) in [7, 11) is 1.37. The summed E-state index contributed by atoms with van der Waals surface area (Å²) in [6.07, 6.45) is 1.47. The van der Waals surface area contributed by atoms with Gasteiger partial charge in [-0.2, -0.15) is 0 Å². The van der Waals surface area contributed by atoms with Gasteiger partial charge in [0.05, 0.1) is 25.6 Å². The predicted molar refractivity (Wildman–Crippen MR) is 46.6 cm³/mol. The number of esters is 1. The molecule has 0 N–H and O–H groups in total. The highest BCUT2D eigenvalue weighted by molar-refractivity contribution is 5.88. The van der Waals surface area contributed by atoms with Crippen LogP contribution in [0.4, 0.5) is 0 Å². The van der Waals surface area contributed by atoms with E-state index in [1.54, 1.807) is 0 Å². The van der Waals surface area contributed by atoms with E-state index < -0.39 is 0 Å². The second-order valence-electron chi connectivity index (χ2n) is 2.67. The van der Waals surface area contributed by atoms with Crippen molar-refractivity contribution in [3.8, 4) is 0 Å². The minimum atomic E-state index is -0.321. The van der Waals surface area contributed by atoms with Crippen LogP contribution in [0.1, 0.15) is 20.8 Å². The summed E-state index contributed by atoms with van der Waals surface area (Å²) in [5.74, 6) is -0.192. The summed E-state index contributed by atoms with van der Waals surface area (Å²) < 4.78 is 9.60. The Bertz CT molecular complexity index is 171. The van der Waals surface area contributed by atoms with Crippen LogP contribution >= 0.6 is 0 Å². The maximum absolute atomic E-state index is 11.1. The molecule has 12 heavy (non-hydrogen) atoms. The van der Waals surface area contributed by atoms with E-state index in [0.717, 1.165) is 0 Å². The summed E-state index contributed by atoms with van der Waals surface area (Å²) in [6, 6.07) is 0. The molecule has 0 aromatic heterocycles. The van der Waals surface area contributed by atoms with Crippen LogP contribution in [-0.4, -0.2) is 19.7 Å². The van der Waals surface area contributed by atoms with Gasteiger partial charge in [-0.15, -0.1) is 0 Å². The molecule has 0 unspecified atom stereocenters. The molecule has 0 bridgehead atoms. The zero-order valence-electron chi connectivity index (χ0n) is 8.09. The van der Waals surface area contributed by atoms with Gasteiger partial charge in [-0.1, -0.05) is 13.8 Å². The van der Waals surface area contributed by atoms with E-state index in [0.29, 0.717) is 12.2 Å². The summed E-state index contributed by atoms with van der Waals surface area (Å²) >= 11 is 0. The van der Waals surface area contributed by atoms with Crippen molar-refractivity contribution in [3.63, 3.8) is 0 Å². The first-order valence-electron chi connectivity index (χ1n) is 4.03. The number of hydrogen-bond donors (Lipinski definition) is 0. The van der Waals surface area contributed by atoms with Gasteiger partial charge in [0.1, 0.15) is 0 Å². The average molecular weight is 172 g/mol. The van der Waals surface area contributed by atoms with Gasteiger partial charge >= 0.3 is 5.97 Å². The standard InChI is InChI=1S/C9H16O3/c1-5-12-6-8(7(2)3)9(10)11-4/h6-7H,5H2,1-4H3. The number of hydrogen-bond acceptors (Lipinski definition) is 3. The molecule has 0 aliphatic rings. The van der Waals surface area contributed by atoms with Crippen LogP contribution in [0.25, 0.3) is 0 Å². The van der Waals surface area contributed by atoms with Crippen molar-refractivity contribution in [3.05, 3.63) is 11.8 Å². The van der Waals surface area contributed by atoms with Gasteiger partial charge in [-0.25, -0.2) is 4.79 Å². The predicted octanol–water partition coefficient (Wildman–Crippen LogP) is 1.74. The van der Waals surface area contributed by atoms with Crippen molar-refractivity contribution in [2.45, 2.75) is 20.8 Å². The average Bonchev–Trinajstić information content (AvgIpc) is 2.04. The van der Waals surface area contributed by atoms with Crippen LogP contribution in [0.3, 0.4) is 0 Å². The van der Waals surface area contributed by atoms with Crippen molar-refractivity contribution in [2.24, 2.45) is 5.92 Å². The van der Waals surface area contributed by atoms with E-state index in [1.165, 1.54) is 13.4 Å². The lowest BCUT2D eigenvalue weighted by Gasteiger charge is -2.08. The van der Waals surface area contributed by atoms with E-state index in [1.807, 2.05) is 20.8 Å². The highest BCUT2D eigenvalue weighted by atomic mass is 16.5. The Balaban J connectivity index is 4.32. The third-order valence-corrected chi connectivity index (χ3v) is 1.42. The molecule has 3 heteroatoms. The van der Waals surface area contributed by atoms with E-state index in [4.69, 9.17) is 4.74 Å². The van der Waals surface area contributed by atoms with Crippen molar-refractivity contribution in [1.82, 2.24) is 0 Å². The molecule has 0 aromatic rings. The van der Waals surface area contributed by atoms with Crippen molar-refractivity contribution < 1.29 is 14.3 Å². The molecule has 0 aromatic carbocycles. The van der Waals surface area contributed by atoms with Gasteiger partial charge in [-0.3, -0.25) is 0 Å². The van der Waals surface area contributed by atoms with Crippen LogP contribution in [-0.2, 0) is 14.3 Å². The SMILES string of the molecule is CCOC=C(C(=O)OC)C(C)C. The van der Waals surface area contributed by atoms with Crippen LogP contribution in [0.5, 0.6) is 0 Å². The lowest BCUT2D eigenvalue weighted by Crippen LogP contribution is -2.10. The van der Waals surface area contributed by atoms with Gasteiger partial charge in [0.15, 0.2) is 0 Å². The summed E-state index contributed by atoms with van der Waals surface area (Å²) in [5.41, 5.74) is 0.569. The Morgan fingerprint density at radius 3 is 2.42 bits per heavy atom. The minimum absolute atomic E-state index is 0.129. The van der Waals surface area contributed by atoms with Crippen LogP contribution in [0.2, 0.25) is 0 Å². The van der Waals surface area contributed by atoms with E-state index in [-0.39, 0.29) is 11.9 Å². The lowest BCUT2D eigenvalue weighted by molar-refractivity contribution is -0.136. The third-order valence-electron chi connectivity index (χ3n) is 1.42. The lowest BCUT2D eigenvalue weighted by atomic mass is 10.1. The molecule has 0 amide bonds. The molecule has 0 heterocycles.